The Morgan fingerprint density at radius 1 is 1.33 bits per heavy atom. The molecule has 2 rings (SSSR count). The average molecular weight is 355 g/mol. The predicted octanol–water partition coefficient (Wildman–Crippen LogP) is 4.01. The zero-order valence-electron chi connectivity index (χ0n) is 12.3. The Bertz CT molecular complexity index is 572. The first-order valence-electron chi connectivity index (χ1n) is 7.04. The third-order valence-corrected chi connectivity index (χ3v) is 4.87. The highest BCUT2D eigenvalue weighted by atomic mass is 79.9. The number of amides is 1. The number of nitrogens with zero attached hydrogens (tertiary/aromatic N) is 2. The number of rotatable bonds is 2. The minimum atomic E-state index is -0.480. The maximum absolute atomic E-state index is 12.6. The van der Waals surface area contributed by atoms with Crippen molar-refractivity contribution in [2.24, 2.45) is 5.41 Å². The van der Waals surface area contributed by atoms with Gasteiger partial charge in [-0.1, -0.05) is 19.9 Å². The molecule has 0 N–H and O–H groups in total. The van der Waals surface area contributed by atoms with Crippen molar-refractivity contribution >= 4 is 27.5 Å². The van der Waals surface area contributed by atoms with Gasteiger partial charge in [-0.2, -0.15) is 0 Å². The largest absolute Gasteiger partial charge is 0.339 e. The second-order valence-electron chi connectivity index (χ2n) is 6.21. The van der Waals surface area contributed by atoms with Crippen LogP contribution < -0.4 is 0 Å². The van der Waals surface area contributed by atoms with Crippen molar-refractivity contribution in [3.8, 4) is 0 Å². The molecule has 5 nitrogen and oxygen atoms in total. The van der Waals surface area contributed by atoms with Gasteiger partial charge in [0.15, 0.2) is 0 Å². The molecule has 1 aliphatic rings. The summed E-state index contributed by atoms with van der Waals surface area (Å²) in [7, 11) is 0. The van der Waals surface area contributed by atoms with Crippen LogP contribution in [0, 0.1) is 15.5 Å². The number of nitro benzene ring substituents is 1. The summed E-state index contributed by atoms with van der Waals surface area (Å²) in [5.41, 5.74) is 0.537. The molecule has 6 heteroatoms. The zero-order chi connectivity index (χ0) is 15.6. The van der Waals surface area contributed by atoms with E-state index in [0.29, 0.717) is 18.7 Å². The molecule has 0 aliphatic carbocycles. The fraction of sp³-hybridized carbons (Fsp3) is 0.533. The topological polar surface area (TPSA) is 63.5 Å². The number of hydrogen-bond acceptors (Lipinski definition) is 3. The number of hydrogen-bond donors (Lipinski definition) is 0. The Hall–Kier alpha value is -1.43. The summed E-state index contributed by atoms with van der Waals surface area (Å²) in [4.78, 5) is 24.9. The van der Waals surface area contributed by atoms with Crippen LogP contribution in [0.4, 0.5) is 5.69 Å². The third-order valence-electron chi connectivity index (χ3n) is 4.03. The Balaban J connectivity index is 2.24. The van der Waals surface area contributed by atoms with Gasteiger partial charge in [-0.05, 0) is 46.7 Å². The molecule has 0 saturated carbocycles. The van der Waals surface area contributed by atoms with E-state index < -0.39 is 4.92 Å². The molecule has 0 bridgehead atoms. The lowest BCUT2D eigenvalue weighted by molar-refractivity contribution is -0.385. The van der Waals surface area contributed by atoms with E-state index in [1.165, 1.54) is 6.07 Å². The van der Waals surface area contributed by atoms with Crippen LogP contribution in [0.3, 0.4) is 0 Å². The summed E-state index contributed by atoms with van der Waals surface area (Å²) < 4.78 is 0.267. The molecule has 0 radical (unpaired) electrons. The van der Waals surface area contributed by atoms with Crippen LogP contribution >= 0.6 is 15.9 Å². The van der Waals surface area contributed by atoms with E-state index in [1.807, 2.05) is 0 Å². The van der Waals surface area contributed by atoms with E-state index in [1.54, 1.807) is 17.0 Å². The summed E-state index contributed by atoms with van der Waals surface area (Å²) in [5, 5.41) is 11.0. The molecule has 21 heavy (non-hydrogen) atoms. The normalized spacial score (nSPS) is 18.1. The lowest BCUT2D eigenvalue weighted by atomic mass is 9.85. The number of halogens is 1. The summed E-state index contributed by atoms with van der Waals surface area (Å²) in [6, 6.07) is 4.58. The van der Waals surface area contributed by atoms with E-state index in [2.05, 4.69) is 29.8 Å². The van der Waals surface area contributed by atoms with Crippen molar-refractivity contribution in [3.63, 3.8) is 0 Å². The van der Waals surface area contributed by atoms with Gasteiger partial charge < -0.3 is 4.90 Å². The van der Waals surface area contributed by atoms with Gasteiger partial charge in [0.1, 0.15) is 4.47 Å². The van der Waals surface area contributed by atoms with Crippen LogP contribution in [0.1, 0.15) is 43.5 Å². The van der Waals surface area contributed by atoms with E-state index in [9.17, 15) is 14.9 Å². The minimum Gasteiger partial charge on any atom is -0.339 e. The van der Waals surface area contributed by atoms with Crippen LogP contribution in [0.5, 0.6) is 0 Å². The smallest absolute Gasteiger partial charge is 0.284 e. The van der Waals surface area contributed by atoms with Gasteiger partial charge >= 0.3 is 0 Å². The van der Waals surface area contributed by atoms with Crippen molar-refractivity contribution in [3.05, 3.63) is 38.3 Å². The fourth-order valence-electron chi connectivity index (χ4n) is 2.62. The van der Waals surface area contributed by atoms with Gasteiger partial charge in [0.25, 0.3) is 11.6 Å². The monoisotopic (exact) mass is 354 g/mol. The molecular formula is C15H19BrN2O3. The first-order chi connectivity index (χ1) is 9.82. The number of benzene rings is 1. The maximum Gasteiger partial charge on any atom is 0.284 e. The van der Waals surface area contributed by atoms with Crippen LogP contribution in [0.2, 0.25) is 0 Å². The van der Waals surface area contributed by atoms with Gasteiger partial charge in [0.2, 0.25) is 0 Å². The molecule has 1 amide bonds. The van der Waals surface area contributed by atoms with Crippen molar-refractivity contribution < 1.29 is 9.72 Å². The molecule has 0 aromatic heterocycles. The lowest BCUT2D eigenvalue weighted by Crippen LogP contribution is -2.32. The van der Waals surface area contributed by atoms with Gasteiger partial charge in [-0.25, -0.2) is 0 Å². The first kappa shape index (κ1) is 15.9. The summed E-state index contributed by atoms with van der Waals surface area (Å²) in [6.07, 6.45) is 3.00. The maximum atomic E-state index is 12.6. The Morgan fingerprint density at radius 3 is 2.71 bits per heavy atom. The second kappa shape index (κ2) is 6.13. The quantitative estimate of drug-likeness (QED) is 0.595. The first-order valence-corrected chi connectivity index (χ1v) is 7.83. The Labute approximate surface area is 132 Å². The van der Waals surface area contributed by atoms with Crippen LogP contribution in [0.25, 0.3) is 0 Å². The van der Waals surface area contributed by atoms with Gasteiger partial charge in [-0.3, -0.25) is 14.9 Å². The molecule has 1 saturated heterocycles. The van der Waals surface area contributed by atoms with Gasteiger partial charge in [-0.15, -0.1) is 0 Å². The van der Waals surface area contributed by atoms with E-state index >= 15 is 0 Å². The third kappa shape index (κ3) is 3.61. The molecule has 114 valence electrons. The highest BCUT2D eigenvalue weighted by Gasteiger charge is 2.28. The summed E-state index contributed by atoms with van der Waals surface area (Å²) in [6.45, 7) is 5.83. The zero-order valence-corrected chi connectivity index (χ0v) is 13.9. The van der Waals surface area contributed by atoms with Gasteiger partial charge in [0.05, 0.1) is 10.5 Å². The average Bonchev–Trinajstić information content (AvgIpc) is 2.59. The molecule has 1 aliphatic heterocycles. The number of carbonyl (C=O) groups excluding carboxylic acids is 1. The van der Waals surface area contributed by atoms with Crippen LogP contribution in [-0.4, -0.2) is 28.8 Å². The summed E-state index contributed by atoms with van der Waals surface area (Å²) in [5.74, 6) is -0.136. The summed E-state index contributed by atoms with van der Waals surface area (Å²) >= 11 is 3.20. The molecule has 1 aromatic carbocycles. The lowest BCUT2D eigenvalue weighted by Gasteiger charge is -2.23. The van der Waals surface area contributed by atoms with Gasteiger partial charge in [0, 0.05) is 19.2 Å². The van der Waals surface area contributed by atoms with E-state index in [0.717, 1.165) is 19.3 Å². The van der Waals surface area contributed by atoms with Crippen molar-refractivity contribution in [2.45, 2.75) is 33.1 Å². The number of likely N-dealkylation sites (tertiary alicyclic amines) is 1. The molecule has 1 fully saturated rings. The Kier molecular flexibility index (Phi) is 4.66. The molecule has 0 spiro atoms. The number of carbonyl (C=O) groups is 1. The molecular weight excluding hydrogens is 336 g/mol. The van der Waals surface area contributed by atoms with Crippen molar-refractivity contribution in [1.82, 2.24) is 4.90 Å². The second-order valence-corrected chi connectivity index (χ2v) is 7.00. The SMILES string of the molecule is CC1(C)CCCN(C(=O)c2cccc([N+](=O)[O-])c2Br)CC1. The highest BCUT2D eigenvalue weighted by molar-refractivity contribution is 9.10. The van der Waals surface area contributed by atoms with E-state index in [-0.39, 0.29) is 21.5 Å². The fourth-order valence-corrected chi connectivity index (χ4v) is 3.20. The molecule has 1 heterocycles. The highest BCUT2D eigenvalue weighted by Crippen LogP contribution is 2.32. The van der Waals surface area contributed by atoms with Crippen molar-refractivity contribution in [1.29, 1.82) is 0 Å². The van der Waals surface area contributed by atoms with Crippen LogP contribution in [-0.2, 0) is 0 Å². The Morgan fingerprint density at radius 2 is 2.05 bits per heavy atom. The molecule has 0 atom stereocenters. The van der Waals surface area contributed by atoms with Crippen LogP contribution in [0.15, 0.2) is 22.7 Å². The molecule has 1 aromatic rings. The van der Waals surface area contributed by atoms with E-state index in [4.69, 9.17) is 0 Å². The molecule has 0 unspecified atom stereocenters. The predicted molar refractivity (Wildman–Crippen MR) is 84.3 cm³/mol. The minimum absolute atomic E-state index is 0.0731. The number of nitro groups is 1. The van der Waals surface area contributed by atoms with Crippen molar-refractivity contribution in [2.75, 3.05) is 13.1 Å². The standard InChI is InChI=1S/C15H19BrN2O3/c1-15(2)7-4-9-17(10-8-15)14(19)11-5-3-6-12(13(11)16)18(20)21/h3,5-6H,4,7-10H2,1-2H3.